The maximum atomic E-state index is 11.7. The van der Waals surface area contributed by atoms with Crippen LogP contribution in [0.2, 0.25) is 5.02 Å². The molecule has 1 aromatic rings. The van der Waals surface area contributed by atoms with Crippen LogP contribution in [0, 0.1) is 0 Å². The number of halogens is 4. The van der Waals surface area contributed by atoms with Gasteiger partial charge in [0.2, 0.25) is 0 Å². The number of rotatable bonds is 4. The number of benzene rings is 1. The fraction of sp³-hybridized carbons (Fsp3) is 0.467. The van der Waals surface area contributed by atoms with Gasteiger partial charge in [0, 0.05) is 24.2 Å². The van der Waals surface area contributed by atoms with Crippen molar-refractivity contribution in [2.24, 2.45) is 5.73 Å². The van der Waals surface area contributed by atoms with E-state index in [1.807, 2.05) is 5.01 Å². The van der Waals surface area contributed by atoms with E-state index in [4.69, 9.17) is 32.0 Å². The highest BCUT2D eigenvalue weighted by molar-refractivity contribution is 6.30. The first-order valence-corrected chi connectivity index (χ1v) is 7.94. The minimum atomic E-state index is -5.08. The number of ether oxygens (including phenoxy) is 1. The smallest absolute Gasteiger partial charge is 0.484 e. The molecule has 2 rings (SSSR count). The number of hydrazine groups is 1. The highest BCUT2D eigenvalue weighted by Gasteiger charge is 2.38. The third-order valence-electron chi connectivity index (χ3n) is 3.25. The fourth-order valence-electron chi connectivity index (χ4n) is 1.90. The van der Waals surface area contributed by atoms with Crippen LogP contribution in [0.1, 0.15) is 12.8 Å². The van der Waals surface area contributed by atoms with E-state index in [1.165, 1.54) is 0 Å². The summed E-state index contributed by atoms with van der Waals surface area (Å²) in [6, 6.07) is 7.16. The summed E-state index contributed by atoms with van der Waals surface area (Å²) in [6.07, 6.45) is -3.28. The Bertz CT molecular complexity index is 591. The quantitative estimate of drug-likeness (QED) is 0.715. The number of piperidine rings is 1. The minimum Gasteiger partial charge on any atom is -0.484 e. The number of carboxylic acids is 1. The van der Waals surface area contributed by atoms with Crippen molar-refractivity contribution in [2.75, 3.05) is 19.7 Å². The Morgan fingerprint density at radius 1 is 1.27 bits per heavy atom. The molecule has 0 aliphatic carbocycles. The van der Waals surface area contributed by atoms with Gasteiger partial charge < -0.3 is 15.6 Å². The second kappa shape index (κ2) is 10.2. The van der Waals surface area contributed by atoms with Crippen molar-refractivity contribution in [2.45, 2.75) is 25.1 Å². The lowest BCUT2D eigenvalue weighted by molar-refractivity contribution is -0.192. The monoisotopic (exact) mass is 397 g/mol. The second-order valence-corrected chi connectivity index (χ2v) is 5.84. The summed E-state index contributed by atoms with van der Waals surface area (Å²) in [7, 11) is 0. The van der Waals surface area contributed by atoms with Gasteiger partial charge in [-0.2, -0.15) is 13.2 Å². The van der Waals surface area contributed by atoms with E-state index in [9.17, 15) is 18.0 Å². The van der Waals surface area contributed by atoms with Crippen LogP contribution in [-0.4, -0.2) is 53.9 Å². The van der Waals surface area contributed by atoms with Gasteiger partial charge in [0.15, 0.2) is 6.61 Å². The van der Waals surface area contributed by atoms with Crippen molar-refractivity contribution < 1.29 is 32.6 Å². The van der Waals surface area contributed by atoms with E-state index in [1.54, 1.807) is 24.3 Å². The number of alkyl halides is 3. The molecule has 1 amide bonds. The molecule has 0 saturated carbocycles. The average molecular weight is 398 g/mol. The molecule has 0 unspecified atom stereocenters. The Hall–Kier alpha value is -2.04. The van der Waals surface area contributed by atoms with Crippen LogP contribution in [0.5, 0.6) is 5.75 Å². The summed E-state index contributed by atoms with van der Waals surface area (Å²) in [4.78, 5) is 20.6. The molecule has 7 nitrogen and oxygen atoms in total. The Labute approximate surface area is 152 Å². The lowest BCUT2D eigenvalue weighted by atomic mass is 10.1. The van der Waals surface area contributed by atoms with Gasteiger partial charge in [-0.1, -0.05) is 11.6 Å². The second-order valence-electron chi connectivity index (χ2n) is 5.40. The molecule has 1 aromatic carbocycles. The van der Waals surface area contributed by atoms with Crippen LogP contribution in [0.4, 0.5) is 13.2 Å². The van der Waals surface area contributed by atoms with Crippen LogP contribution in [0.3, 0.4) is 0 Å². The first-order valence-electron chi connectivity index (χ1n) is 7.56. The van der Waals surface area contributed by atoms with Gasteiger partial charge in [0.25, 0.3) is 5.91 Å². The van der Waals surface area contributed by atoms with Gasteiger partial charge >= 0.3 is 12.1 Å². The van der Waals surface area contributed by atoms with Crippen molar-refractivity contribution in [3.63, 3.8) is 0 Å². The number of nitrogens with one attached hydrogen (secondary N) is 1. The van der Waals surface area contributed by atoms with E-state index >= 15 is 0 Å². The third kappa shape index (κ3) is 8.88. The summed E-state index contributed by atoms with van der Waals surface area (Å²) in [5.74, 6) is -2.29. The summed E-state index contributed by atoms with van der Waals surface area (Å²) < 4.78 is 37.1. The summed E-state index contributed by atoms with van der Waals surface area (Å²) in [6.45, 7) is 1.56. The van der Waals surface area contributed by atoms with E-state index in [0.29, 0.717) is 10.8 Å². The van der Waals surface area contributed by atoms with Gasteiger partial charge in [0.05, 0.1) is 0 Å². The van der Waals surface area contributed by atoms with Gasteiger partial charge in [-0.25, -0.2) is 9.80 Å². The number of hydrogen-bond donors (Lipinski definition) is 3. The Kier molecular flexibility index (Phi) is 8.62. The molecule has 1 aliphatic rings. The number of aliphatic carboxylic acids is 1. The minimum absolute atomic E-state index is 0.00974. The molecule has 146 valence electrons. The molecule has 0 radical (unpaired) electrons. The van der Waals surface area contributed by atoms with Crippen molar-refractivity contribution in [1.29, 1.82) is 0 Å². The standard InChI is InChI=1S/C13H18ClN3O2.C2HF3O2/c14-10-1-3-12(4-2-10)19-9-13(18)16-17-7-5-11(15)6-8-17;3-2(4,5)1(6)7/h1-4,11H,5-9,15H2,(H,16,18);(H,6,7). The molecule has 0 spiro atoms. The number of carbonyl (C=O) groups excluding carboxylic acids is 1. The highest BCUT2D eigenvalue weighted by Crippen LogP contribution is 2.15. The van der Waals surface area contributed by atoms with Crippen LogP contribution in [-0.2, 0) is 9.59 Å². The molecule has 0 bridgehead atoms. The molecule has 4 N–H and O–H groups in total. The molecule has 26 heavy (non-hydrogen) atoms. The Morgan fingerprint density at radius 2 is 1.77 bits per heavy atom. The molecular formula is C15H19ClF3N3O4. The number of carboxylic acid groups (broad SMARTS) is 1. The van der Waals surface area contributed by atoms with Crippen LogP contribution >= 0.6 is 11.6 Å². The zero-order valence-electron chi connectivity index (χ0n) is 13.6. The predicted octanol–water partition coefficient (Wildman–Crippen LogP) is 1.81. The average Bonchev–Trinajstić information content (AvgIpc) is 2.56. The number of nitrogens with two attached hydrogens (primary N) is 1. The number of amides is 1. The number of hydrogen-bond acceptors (Lipinski definition) is 5. The lowest BCUT2D eigenvalue weighted by Gasteiger charge is -2.30. The fourth-order valence-corrected chi connectivity index (χ4v) is 2.03. The van der Waals surface area contributed by atoms with Crippen molar-refractivity contribution >= 4 is 23.5 Å². The van der Waals surface area contributed by atoms with Crippen LogP contribution in [0.15, 0.2) is 24.3 Å². The van der Waals surface area contributed by atoms with Gasteiger partial charge in [-0.15, -0.1) is 0 Å². The molecule has 1 saturated heterocycles. The van der Waals surface area contributed by atoms with E-state index < -0.39 is 12.1 Å². The summed E-state index contributed by atoms with van der Waals surface area (Å²) in [5, 5.41) is 9.65. The molecule has 1 fully saturated rings. The van der Waals surface area contributed by atoms with Crippen molar-refractivity contribution in [3.05, 3.63) is 29.3 Å². The van der Waals surface area contributed by atoms with Gasteiger partial charge in [-0.05, 0) is 37.1 Å². The van der Waals surface area contributed by atoms with E-state index in [-0.39, 0.29) is 18.6 Å². The molecule has 1 aliphatic heterocycles. The van der Waals surface area contributed by atoms with Crippen LogP contribution < -0.4 is 15.9 Å². The maximum Gasteiger partial charge on any atom is 0.490 e. The Balaban J connectivity index is 0.000000412. The zero-order valence-corrected chi connectivity index (χ0v) is 14.4. The van der Waals surface area contributed by atoms with Crippen molar-refractivity contribution in [3.8, 4) is 5.75 Å². The third-order valence-corrected chi connectivity index (χ3v) is 3.50. The van der Waals surface area contributed by atoms with E-state index in [2.05, 4.69) is 5.43 Å². The van der Waals surface area contributed by atoms with Gasteiger partial charge in [0.1, 0.15) is 5.75 Å². The zero-order chi connectivity index (χ0) is 19.7. The summed E-state index contributed by atoms with van der Waals surface area (Å²) in [5.41, 5.74) is 8.61. The largest absolute Gasteiger partial charge is 0.490 e. The molecule has 11 heteroatoms. The lowest BCUT2D eigenvalue weighted by Crippen LogP contribution is -2.50. The van der Waals surface area contributed by atoms with Crippen molar-refractivity contribution in [1.82, 2.24) is 10.4 Å². The number of carbonyl (C=O) groups is 2. The highest BCUT2D eigenvalue weighted by atomic mass is 35.5. The molecule has 0 aromatic heterocycles. The van der Waals surface area contributed by atoms with Gasteiger partial charge in [-0.3, -0.25) is 10.2 Å². The summed E-state index contributed by atoms with van der Waals surface area (Å²) >= 11 is 5.76. The predicted molar refractivity (Wildman–Crippen MR) is 87.6 cm³/mol. The first-order chi connectivity index (χ1) is 12.1. The first kappa shape index (κ1) is 22.0. The SMILES string of the molecule is NC1CCN(NC(=O)COc2ccc(Cl)cc2)CC1.O=C(O)C(F)(F)F. The normalized spacial score (nSPS) is 15.6. The topological polar surface area (TPSA) is 105 Å². The van der Waals surface area contributed by atoms with Crippen LogP contribution in [0.25, 0.3) is 0 Å². The maximum absolute atomic E-state index is 11.7. The molecule has 0 atom stereocenters. The van der Waals surface area contributed by atoms with E-state index in [0.717, 1.165) is 25.9 Å². The molecular weight excluding hydrogens is 379 g/mol. The molecule has 1 heterocycles. The Morgan fingerprint density at radius 3 is 2.23 bits per heavy atom. The number of nitrogens with zero attached hydrogens (tertiary/aromatic N) is 1.